The van der Waals surface area contributed by atoms with E-state index < -0.39 is 0 Å². The maximum absolute atomic E-state index is 5.89. The smallest absolute Gasteiger partial charge is 0.0631 e. The summed E-state index contributed by atoms with van der Waals surface area (Å²) in [6.07, 6.45) is 1.11. The quantitative estimate of drug-likeness (QED) is 0.687. The van der Waals surface area contributed by atoms with Crippen LogP contribution in [0.5, 0.6) is 0 Å². The SMILES string of the molecule is CN1CCc2cc(Br)cc(N)c21. The zero-order chi connectivity index (χ0) is 8.72. The summed E-state index contributed by atoms with van der Waals surface area (Å²) in [5.74, 6) is 0. The Morgan fingerprint density at radius 1 is 1.50 bits per heavy atom. The highest BCUT2D eigenvalue weighted by Gasteiger charge is 2.18. The molecule has 1 aliphatic rings. The zero-order valence-electron chi connectivity index (χ0n) is 6.97. The summed E-state index contributed by atoms with van der Waals surface area (Å²) in [5, 5.41) is 0. The van der Waals surface area contributed by atoms with Crippen LogP contribution in [0.15, 0.2) is 16.6 Å². The topological polar surface area (TPSA) is 29.3 Å². The molecule has 0 spiro atoms. The van der Waals surface area contributed by atoms with E-state index in [4.69, 9.17) is 5.73 Å². The Labute approximate surface area is 80.5 Å². The number of nitrogens with two attached hydrogens (primary N) is 1. The lowest BCUT2D eigenvalue weighted by molar-refractivity contribution is 0.956. The summed E-state index contributed by atoms with van der Waals surface area (Å²) in [6.45, 7) is 1.08. The molecule has 2 nitrogen and oxygen atoms in total. The number of hydrogen-bond acceptors (Lipinski definition) is 2. The van der Waals surface area contributed by atoms with Gasteiger partial charge in [-0.3, -0.25) is 0 Å². The Balaban J connectivity index is 2.60. The maximum Gasteiger partial charge on any atom is 0.0631 e. The molecule has 2 N–H and O–H groups in total. The van der Waals surface area contributed by atoms with Crippen LogP contribution in [0.25, 0.3) is 0 Å². The van der Waals surface area contributed by atoms with Gasteiger partial charge in [-0.15, -0.1) is 0 Å². The molecule has 0 saturated carbocycles. The highest BCUT2D eigenvalue weighted by atomic mass is 79.9. The van der Waals surface area contributed by atoms with E-state index in [-0.39, 0.29) is 0 Å². The molecular formula is C9H11BrN2. The molecule has 0 bridgehead atoms. The van der Waals surface area contributed by atoms with Crippen LogP contribution in [0.4, 0.5) is 11.4 Å². The molecule has 0 unspecified atom stereocenters. The molecule has 0 atom stereocenters. The third-order valence-corrected chi connectivity index (χ3v) is 2.74. The van der Waals surface area contributed by atoms with Crippen LogP contribution in [0.2, 0.25) is 0 Å². The van der Waals surface area contributed by atoms with Crippen molar-refractivity contribution < 1.29 is 0 Å². The first kappa shape index (κ1) is 7.92. The van der Waals surface area contributed by atoms with E-state index in [1.54, 1.807) is 0 Å². The molecule has 0 saturated heterocycles. The van der Waals surface area contributed by atoms with Crippen molar-refractivity contribution in [3.05, 3.63) is 22.2 Å². The van der Waals surface area contributed by atoms with Gasteiger partial charge >= 0.3 is 0 Å². The predicted octanol–water partition coefficient (Wildman–Crippen LogP) is 2.02. The second-order valence-corrected chi connectivity index (χ2v) is 4.09. The molecule has 12 heavy (non-hydrogen) atoms. The van der Waals surface area contributed by atoms with Gasteiger partial charge in [-0.05, 0) is 24.1 Å². The van der Waals surface area contributed by atoms with Crippen molar-refractivity contribution in [3.8, 4) is 0 Å². The summed E-state index contributed by atoms with van der Waals surface area (Å²) < 4.78 is 1.08. The van der Waals surface area contributed by atoms with Gasteiger partial charge < -0.3 is 10.6 Å². The predicted molar refractivity (Wildman–Crippen MR) is 55.5 cm³/mol. The van der Waals surface area contributed by atoms with Crippen molar-refractivity contribution in [2.45, 2.75) is 6.42 Å². The Kier molecular flexibility index (Phi) is 1.76. The molecule has 1 heterocycles. The molecule has 0 amide bonds. The van der Waals surface area contributed by atoms with E-state index in [0.29, 0.717) is 0 Å². The van der Waals surface area contributed by atoms with Gasteiger partial charge in [0.1, 0.15) is 0 Å². The monoisotopic (exact) mass is 226 g/mol. The van der Waals surface area contributed by atoms with Gasteiger partial charge in [0, 0.05) is 18.1 Å². The standard InChI is InChI=1S/C9H11BrN2/c1-12-3-2-6-4-7(10)5-8(11)9(6)12/h4-5H,2-3,11H2,1H3. The van der Waals surface area contributed by atoms with Crippen molar-refractivity contribution in [2.24, 2.45) is 0 Å². The largest absolute Gasteiger partial charge is 0.397 e. The van der Waals surface area contributed by atoms with Gasteiger partial charge in [-0.1, -0.05) is 15.9 Å². The molecule has 0 radical (unpaired) electrons. The average Bonchev–Trinajstić information content (AvgIpc) is 2.31. The Morgan fingerprint density at radius 2 is 2.25 bits per heavy atom. The van der Waals surface area contributed by atoms with Gasteiger partial charge in [-0.2, -0.15) is 0 Å². The third-order valence-electron chi connectivity index (χ3n) is 2.28. The van der Waals surface area contributed by atoms with Crippen LogP contribution in [0, 0.1) is 0 Å². The molecule has 64 valence electrons. The molecule has 3 heteroatoms. The fraction of sp³-hybridized carbons (Fsp3) is 0.333. The van der Waals surface area contributed by atoms with Crippen molar-refractivity contribution in [2.75, 3.05) is 24.2 Å². The van der Waals surface area contributed by atoms with Crippen LogP contribution in [-0.4, -0.2) is 13.6 Å². The molecular weight excluding hydrogens is 216 g/mol. The van der Waals surface area contributed by atoms with Gasteiger partial charge in [0.2, 0.25) is 0 Å². The number of hydrogen-bond donors (Lipinski definition) is 1. The van der Waals surface area contributed by atoms with E-state index in [1.807, 2.05) is 6.07 Å². The summed E-state index contributed by atoms with van der Waals surface area (Å²) >= 11 is 3.44. The number of anilines is 2. The minimum absolute atomic E-state index is 0.874. The molecule has 0 fully saturated rings. The number of fused-ring (bicyclic) bond motifs is 1. The van der Waals surface area contributed by atoms with Crippen LogP contribution in [0.3, 0.4) is 0 Å². The van der Waals surface area contributed by atoms with Gasteiger partial charge in [0.15, 0.2) is 0 Å². The summed E-state index contributed by atoms with van der Waals surface area (Å²) in [5.41, 5.74) is 9.32. The fourth-order valence-electron chi connectivity index (χ4n) is 1.73. The Bertz CT molecular complexity index is 323. The lowest BCUT2D eigenvalue weighted by atomic mass is 10.1. The highest BCUT2D eigenvalue weighted by molar-refractivity contribution is 9.10. The first-order chi connectivity index (χ1) is 5.68. The number of nitrogen functional groups attached to an aromatic ring is 1. The lowest BCUT2D eigenvalue weighted by Crippen LogP contribution is -2.13. The van der Waals surface area contributed by atoms with E-state index in [2.05, 4.69) is 33.9 Å². The Morgan fingerprint density at radius 3 is 3.00 bits per heavy atom. The lowest BCUT2D eigenvalue weighted by Gasteiger charge is -2.14. The van der Waals surface area contributed by atoms with Gasteiger partial charge in [0.25, 0.3) is 0 Å². The van der Waals surface area contributed by atoms with Crippen LogP contribution < -0.4 is 10.6 Å². The van der Waals surface area contributed by atoms with Crippen LogP contribution in [0.1, 0.15) is 5.56 Å². The van der Waals surface area contributed by atoms with Crippen LogP contribution >= 0.6 is 15.9 Å². The van der Waals surface area contributed by atoms with E-state index in [0.717, 1.165) is 23.1 Å². The highest BCUT2D eigenvalue weighted by Crippen LogP contribution is 2.35. The summed E-state index contributed by atoms with van der Waals surface area (Å²) in [6, 6.07) is 4.11. The fourth-order valence-corrected chi connectivity index (χ4v) is 2.26. The summed E-state index contributed by atoms with van der Waals surface area (Å²) in [7, 11) is 2.08. The normalized spacial score (nSPS) is 15.0. The number of benzene rings is 1. The van der Waals surface area contributed by atoms with E-state index in [9.17, 15) is 0 Å². The molecule has 0 aromatic heterocycles. The maximum atomic E-state index is 5.89. The van der Waals surface area contributed by atoms with Crippen LogP contribution in [-0.2, 0) is 6.42 Å². The number of likely N-dealkylation sites (N-methyl/N-ethyl adjacent to an activating group) is 1. The second-order valence-electron chi connectivity index (χ2n) is 3.17. The van der Waals surface area contributed by atoms with Crippen molar-refractivity contribution >= 4 is 27.3 Å². The number of nitrogens with zero attached hydrogens (tertiary/aromatic N) is 1. The molecule has 1 aromatic carbocycles. The average molecular weight is 227 g/mol. The molecule has 2 rings (SSSR count). The van der Waals surface area contributed by atoms with Crippen molar-refractivity contribution in [3.63, 3.8) is 0 Å². The Hall–Kier alpha value is -0.700. The second kappa shape index (κ2) is 2.66. The summed E-state index contributed by atoms with van der Waals surface area (Å²) in [4.78, 5) is 2.21. The van der Waals surface area contributed by atoms with Crippen molar-refractivity contribution in [1.82, 2.24) is 0 Å². The molecule has 0 aliphatic carbocycles. The first-order valence-electron chi connectivity index (χ1n) is 3.97. The van der Waals surface area contributed by atoms with Gasteiger partial charge in [-0.25, -0.2) is 0 Å². The third kappa shape index (κ3) is 1.08. The minimum Gasteiger partial charge on any atom is -0.397 e. The number of rotatable bonds is 0. The minimum atomic E-state index is 0.874. The number of halogens is 1. The molecule has 1 aromatic rings. The molecule has 1 aliphatic heterocycles. The van der Waals surface area contributed by atoms with Gasteiger partial charge in [0.05, 0.1) is 11.4 Å². The zero-order valence-corrected chi connectivity index (χ0v) is 8.56. The van der Waals surface area contributed by atoms with Crippen molar-refractivity contribution in [1.29, 1.82) is 0 Å². The van der Waals surface area contributed by atoms with E-state index >= 15 is 0 Å². The van der Waals surface area contributed by atoms with E-state index in [1.165, 1.54) is 11.3 Å². The first-order valence-corrected chi connectivity index (χ1v) is 4.77.